The molecular weight excluding hydrogens is 372 g/mol. The molecular formula is C19H20N8O2. The number of methoxy groups -OCH3 is 1. The molecule has 2 aromatic rings. The van der Waals surface area contributed by atoms with Gasteiger partial charge < -0.3 is 26.3 Å². The number of nitrogens with one attached hydrogen (secondary N) is 2. The summed E-state index contributed by atoms with van der Waals surface area (Å²) < 4.78 is 11.2. The number of rotatable bonds is 4. The third-order valence-electron chi connectivity index (χ3n) is 4.22. The molecule has 0 fully saturated rings. The highest BCUT2D eigenvalue weighted by Gasteiger charge is 2.30. The van der Waals surface area contributed by atoms with Gasteiger partial charge in [0.2, 0.25) is 5.96 Å². The second-order valence-corrected chi connectivity index (χ2v) is 6.48. The lowest BCUT2D eigenvalue weighted by Crippen LogP contribution is -2.32. The number of nitrogens with zero attached hydrogens (tertiary/aromatic N) is 4. The number of aromatic nitrogens is 1. The molecule has 148 valence electrons. The first-order valence-corrected chi connectivity index (χ1v) is 8.73. The van der Waals surface area contributed by atoms with Crippen molar-refractivity contribution in [3.8, 4) is 23.8 Å². The molecule has 1 aliphatic heterocycles. The lowest BCUT2D eigenvalue weighted by atomic mass is 9.95. The molecule has 0 radical (unpaired) electrons. The number of nitrogen functional groups attached to an aromatic ring is 2. The van der Waals surface area contributed by atoms with Crippen molar-refractivity contribution < 1.29 is 9.47 Å². The van der Waals surface area contributed by atoms with Crippen molar-refractivity contribution in [2.45, 2.75) is 26.0 Å². The van der Waals surface area contributed by atoms with Gasteiger partial charge in [-0.15, -0.1) is 0 Å². The summed E-state index contributed by atoms with van der Waals surface area (Å²) in [5, 5.41) is 23.7. The van der Waals surface area contributed by atoms with Gasteiger partial charge in [-0.3, -0.25) is 5.32 Å². The van der Waals surface area contributed by atoms with E-state index in [0.717, 1.165) is 0 Å². The van der Waals surface area contributed by atoms with Crippen LogP contribution < -0.4 is 31.6 Å². The van der Waals surface area contributed by atoms with Crippen LogP contribution >= 0.6 is 0 Å². The van der Waals surface area contributed by atoms with E-state index in [4.69, 9.17) is 26.2 Å². The van der Waals surface area contributed by atoms with Gasteiger partial charge >= 0.3 is 0 Å². The van der Waals surface area contributed by atoms with Gasteiger partial charge in [-0.05, 0) is 31.5 Å². The summed E-state index contributed by atoms with van der Waals surface area (Å²) in [5.41, 5.74) is 13.6. The van der Waals surface area contributed by atoms with Crippen LogP contribution in [0, 0.1) is 22.8 Å². The first kappa shape index (κ1) is 19.6. The Kier molecular flexibility index (Phi) is 5.28. The molecule has 1 aliphatic rings. The predicted octanol–water partition coefficient (Wildman–Crippen LogP) is 1.86. The Morgan fingerprint density at radius 3 is 2.62 bits per heavy atom. The second-order valence-electron chi connectivity index (χ2n) is 6.48. The van der Waals surface area contributed by atoms with Gasteiger partial charge in [0.05, 0.1) is 18.9 Å². The Bertz CT molecular complexity index is 1070. The van der Waals surface area contributed by atoms with Crippen LogP contribution in [0.1, 0.15) is 36.6 Å². The Labute approximate surface area is 167 Å². The fourth-order valence-electron chi connectivity index (χ4n) is 3.03. The molecule has 10 nitrogen and oxygen atoms in total. The molecule has 1 unspecified atom stereocenters. The Morgan fingerprint density at radius 1 is 1.24 bits per heavy atom. The summed E-state index contributed by atoms with van der Waals surface area (Å²) in [6, 6.07) is 6.68. The van der Waals surface area contributed by atoms with Crippen LogP contribution in [0.5, 0.6) is 11.5 Å². The molecule has 6 N–H and O–H groups in total. The lowest BCUT2D eigenvalue weighted by molar-refractivity contribution is 0.230. The third kappa shape index (κ3) is 3.64. The summed E-state index contributed by atoms with van der Waals surface area (Å²) in [6.45, 7) is 3.81. The van der Waals surface area contributed by atoms with Crippen LogP contribution in [0.4, 0.5) is 17.3 Å². The van der Waals surface area contributed by atoms with Crippen molar-refractivity contribution in [1.82, 2.24) is 10.3 Å². The molecule has 1 aromatic carbocycles. The van der Waals surface area contributed by atoms with Crippen LogP contribution in [-0.2, 0) is 0 Å². The van der Waals surface area contributed by atoms with Gasteiger partial charge in [0.15, 0.2) is 17.7 Å². The van der Waals surface area contributed by atoms with E-state index < -0.39 is 6.04 Å². The number of fused-ring (bicyclic) bond motifs is 1. The van der Waals surface area contributed by atoms with Crippen molar-refractivity contribution in [2.24, 2.45) is 4.99 Å². The van der Waals surface area contributed by atoms with Gasteiger partial charge in [-0.25, -0.2) is 9.98 Å². The molecule has 0 aliphatic carbocycles. The number of nitriles is 2. The van der Waals surface area contributed by atoms with Crippen LogP contribution in [0.2, 0.25) is 0 Å². The Balaban J connectivity index is 2.21. The van der Waals surface area contributed by atoms with Crippen LogP contribution in [0.25, 0.3) is 0 Å². The van der Waals surface area contributed by atoms with E-state index in [9.17, 15) is 5.26 Å². The van der Waals surface area contributed by atoms with Gasteiger partial charge in [0.25, 0.3) is 0 Å². The molecule has 1 atom stereocenters. The first-order chi connectivity index (χ1) is 13.9. The number of anilines is 3. The fraction of sp³-hybridized carbons (Fsp3) is 0.263. The number of aliphatic imine (C=N–C) groups is 1. The predicted molar refractivity (Wildman–Crippen MR) is 108 cm³/mol. The van der Waals surface area contributed by atoms with Gasteiger partial charge in [0, 0.05) is 5.56 Å². The topological polar surface area (TPSA) is 167 Å². The molecule has 0 saturated carbocycles. The summed E-state index contributed by atoms with van der Waals surface area (Å²) in [4.78, 5) is 8.77. The quantitative estimate of drug-likeness (QED) is 0.448. The minimum atomic E-state index is -0.650. The zero-order valence-corrected chi connectivity index (χ0v) is 16.1. The highest BCUT2D eigenvalue weighted by molar-refractivity contribution is 5.98. The number of hydrogen-bond acceptors (Lipinski definition) is 10. The molecule has 0 amide bonds. The highest BCUT2D eigenvalue weighted by Crippen LogP contribution is 2.42. The molecule has 29 heavy (non-hydrogen) atoms. The molecule has 2 heterocycles. The Morgan fingerprint density at radius 2 is 2.00 bits per heavy atom. The standard InChI is InChI=1S/C19H20N8O2/c1-9(2)29-13-6-10(4-5-12(13)28-3)16-14-15(22)11(7-20)17(23)26-18(14)27-19(25-16)24-8-21/h4-6,9,16H,1-3H3,(H6,22,23,24,25,26,27). The van der Waals surface area contributed by atoms with Crippen molar-refractivity contribution in [3.05, 3.63) is 34.9 Å². The van der Waals surface area contributed by atoms with Crippen molar-refractivity contribution in [2.75, 3.05) is 23.9 Å². The van der Waals surface area contributed by atoms with E-state index in [-0.39, 0.29) is 29.1 Å². The summed E-state index contributed by atoms with van der Waals surface area (Å²) in [6.07, 6.45) is 1.74. The zero-order valence-electron chi connectivity index (χ0n) is 16.1. The number of pyridine rings is 1. The average molecular weight is 392 g/mol. The molecule has 0 spiro atoms. The SMILES string of the molecule is COc1ccc(C2N=C(NC#N)Nc3nc(N)c(C#N)c(N)c32)cc1OC(C)C. The fourth-order valence-corrected chi connectivity index (χ4v) is 3.03. The molecule has 0 saturated heterocycles. The van der Waals surface area contributed by atoms with E-state index in [1.807, 2.05) is 26.1 Å². The summed E-state index contributed by atoms with van der Waals surface area (Å²) >= 11 is 0. The maximum Gasteiger partial charge on any atom is 0.211 e. The number of benzene rings is 1. The largest absolute Gasteiger partial charge is 0.493 e. The maximum atomic E-state index is 9.41. The average Bonchev–Trinajstić information content (AvgIpc) is 2.67. The van der Waals surface area contributed by atoms with E-state index in [0.29, 0.717) is 28.4 Å². The van der Waals surface area contributed by atoms with Gasteiger partial charge in [-0.2, -0.15) is 10.5 Å². The zero-order chi connectivity index (χ0) is 21.1. The minimum Gasteiger partial charge on any atom is -0.493 e. The molecule has 0 bridgehead atoms. The maximum absolute atomic E-state index is 9.41. The van der Waals surface area contributed by atoms with Crippen LogP contribution in [0.15, 0.2) is 23.2 Å². The highest BCUT2D eigenvalue weighted by atomic mass is 16.5. The van der Waals surface area contributed by atoms with E-state index in [1.54, 1.807) is 25.3 Å². The monoisotopic (exact) mass is 392 g/mol. The first-order valence-electron chi connectivity index (χ1n) is 8.73. The number of nitrogens with two attached hydrogens (primary N) is 2. The lowest BCUT2D eigenvalue weighted by Gasteiger charge is -2.26. The number of ether oxygens (including phenoxy) is 2. The van der Waals surface area contributed by atoms with Crippen molar-refractivity contribution in [3.63, 3.8) is 0 Å². The summed E-state index contributed by atoms with van der Waals surface area (Å²) in [5.74, 6) is 1.60. The van der Waals surface area contributed by atoms with Gasteiger partial charge in [-0.1, -0.05) is 6.07 Å². The molecule has 1 aromatic heterocycles. The smallest absolute Gasteiger partial charge is 0.211 e. The Hall–Kier alpha value is -4.18. The minimum absolute atomic E-state index is 0.00762. The van der Waals surface area contributed by atoms with Gasteiger partial charge in [0.1, 0.15) is 29.3 Å². The van der Waals surface area contributed by atoms with Crippen molar-refractivity contribution in [1.29, 1.82) is 10.5 Å². The normalized spacial score (nSPS) is 14.7. The summed E-state index contributed by atoms with van der Waals surface area (Å²) in [7, 11) is 1.55. The third-order valence-corrected chi connectivity index (χ3v) is 4.22. The second kappa shape index (κ2) is 7.82. The van der Waals surface area contributed by atoms with Crippen molar-refractivity contribution >= 4 is 23.3 Å². The van der Waals surface area contributed by atoms with E-state index in [1.165, 1.54) is 0 Å². The van der Waals surface area contributed by atoms with E-state index in [2.05, 4.69) is 20.6 Å². The number of guanidine groups is 1. The van der Waals surface area contributed by atoms with Crippen LogP contribution in [-0.4, -0.2) is 24.2 Å². The molecule has 10 heteroatoms. The molecule has 3 rings (SSSR count). The number of hydrogen-bond donors (Lipinski definition) is 4. The van der Waals surface area contributed by atoms with E-state index >= 15 is 0 Å². The van der Waals surface area contributed by atoms with Crippen LogP contribution in [0.3, 0.4) is 0 Å².